The first kappa shape index (κ1) is 17.6. The molecule has 0 saturated carbocycles. The Bertz CT molecular complexity index is 726. The molecule has 132 valence electrons. The van der Waals surface area contributed by atoms with E-state index >= 15 is 0 Å². The number of hydrogen-bond acceptors (Lipinski definition) is 2. The van der Waals surface area contributed by atoms with Gasteiger partial charge in [-0.1, -0.05) is 45.0 Å². The van der Waals surface area contributed by atoms with E-state index in [9.17, 15) is 8.78 Å². The predicted octanol–water partition coefficient (Wildman–Crippen LogP) is 4.99. The van der Waals surface area contributed by atoms with Crippen molar-refractivity contribution in [3.63, 3.8) is 0 Å². The maximum atomic E-state index is 13.4. The number of benzene rings is 2. The Morgan fingerprint density at radius 2 is 1.36 bits per heavy atom. The van der Waals surface area contributed by atoms with Crippen molar-refractivity contribution in [2.24, 2.45) is 10.4 Å². The number of halogens is 2. The molecule has 0 unspecified atom stereocenters. The minimum absolute atomic E-state index is 0.106. The normalized spacial score (nSPS) is 16.9. The molecule has 25 heavy (non-hydrogen) atoms. The van der Waals surface area contributed by atoms with Crippen molar-refractivity contribution in [2.45, 2.75) is 32.7 Å². The average molecular weight is 342 g/mol. The van der Waals surface area contributed by atoms with Crippen LogP contribution >= 0.6 is 0 Å². The number of amidine groups is 1. The average Bonchev–Trinajstić information content (AvgIpc) is 2.84. The second kappa shape index (κ2) is 6.25. The topological polar surface area (TPSA) is 15.6 Å². The molecular formula is C21H24F2N2. The molecule has 0 aliphatic carbocycles. The molecule has 2 aromatic rings. The minimum Gasteiger partial charge on any atom is -0.360 e. The molecule has 1 aliphatic rings. The zero-order valence-corrected chi connectivity index (χ0v) is 15.2. The van der Waals surface area contributed by atoms with Crippen molar-refractivity contribution < 1.29 is 8.78 Å². The molecule has 0 fully saturated rings. The van der Waals surface area contributed by atoms with Crippen LogP contribution in [0.1, 0.15) is 38.3 Å². The Kier molecular flexibility index (Phi) is 4.40. The molecule has 0 aromatic heterocycles. The third-order valence-corrected chi connectivity index (χ3v) is 4.56. The van der Waals surface area contributed by atoms with Gasteiger partial charge in [0, 0.05) is 13.5 Å². The fourth-order valence-electron chi connectivity index (χ4n) is 3.35. The lowest BCUT2D eigenvalue weighted by molar-refractivity contribution is 0.395. The summed E-state index contributed by atoms with van der Waals surface area (Å²) >= 11 is 0. The van der Waals surface area contributed by atoms with E-state index < -0.39 is 5.54 Å². The lowest BCUT2D eigenvalue weighted by atomic mass is 9.83. The number of rotatable bonds is 3. The van der Waals surface area contributed by atoms with E-state index in [1.807, 2.05) is 7.05 Å². The second-order valence-electron chi connectivity index (χ2n) is 8.00. The van der Waals surface area contributed by atoms with E-state index in [-0.39, 0.29) is 17.0 Å². The van der Waals surface area contributed by atoms with Crippen LogP contribution in [0, 0.1) is 17.0 Å². The highest BCUT2D eigenvalue weighted by molar-refractivity contribution is 5.86. The maximum Gasteiger partial charge on any atom is 0.130 e. The first-order valence-electron chi connectivity index (χ1n) is 8.52. The van der Waals surface area contributed by atoms with Crippen molar-refractivity contribution in [1.82, 2.24) is 4.90 Å². The van der Waals surface area contributed by atoms with Gasteiger partial charge in [0.1, 0.15) is 23.0 Å². The quantitative estimate of drug-likeness (QED) is 0.767. The van der Waals surface area contributed by atoms with Crippen LogP contribution in [-0.4, -0.2) is 24.3 Å². The van der Waals surface area contributed by atoms with Crippen LogP contribution in [0.15, 0.2) is 53.5 Å². The SMILES string of the molecule is CN1CC(c2ccc(F)cc2)(c2ccc(F)cc2)N=C1CC(C)(C)C. The highest BCUT2D eigenvalue weighted by atomic mass is 19.1. The fourth-order valence-corrected chi connectivity index (χ4v) is 3.35. The fraction of sp³-hybridized carbons (Fsp3) is 0.381. The van der Waals surface area contributed by atoms with Gasteiger partial charge < -0.3 is 4.90 Å². The molecule has 4 heteroatoms. The Balaban J connectivity index is 2.13. The molecule has 0 saturated heterocycles. The zero-order valence-electron chi connectivity index (χ0n) is 15.2. The third kappa shape index (κ3) is 3.58. The Morgan fingerprint density at radius 3 is 1.76 bits per heavy atom. The van der Waals surface area contributed by atoms with Crippen molar-refractivity contribution >= 4 is 5.84 Å². The minimum atomic E-state index is -0.642. The molecule has 2 aromatic carbocycles. The van der Waals surface area contributed by atoms with Crippen LogP contribution in [0.5, 0.6) is 0 Å². The van der Waals surface area contributed by atoms with Crippen LogP contribution in [0.25, 0.3) is 0 Å². The number of nitrogens with zero attached hydrogens (tertiary/aromatic N) is 2. The van der Waals surface area contributed by atoms with E-state index in [2.05, 4.69) is 25.7 Å². The van der Waals surface area contributed by atoms with Gasteiger partial charge in [-0.2, -0.15) is 0 Å². The van der Waals surface area contributed by atoms with Crippen LogP contribution in [0.4, 0.5) is 8.78 Å². The van der Waals surface area contributed by atoms with Gasteiger partial charge in [-0.05, 0) is 40.8 Å². The second-order valence-corrected chi connectivity index (χ2v) is 8.00. The molecule has 0 amide bonds. The van der Waals surface area contributed by atoms with Crippen LogP contribution in [0.3, 0.4) is 0 Å². The van der Waals surface area contributed by atoms with E-state index in [0.29, 0.717) is 6.54 Å². The van der Waals surface area contributed by atoms with E-state index in [4.69, 9.17) is 4.99 Å². The van der Waals surface area contributed by atoms with Gasteiger partial charge in [-0.3, -0.25) is 4.99 Å². The molecule has 2 nitrogen and oxygen atoms in total. The van der Waals surface area contributed by atoms with E-state index in [1.165, 1.54) is 24.3 Å². The van der Waals surface area contributed by atoms with Gasteiger partial charge >= 0.3 is 0 Å². The van der Waals surface area contributed by atoms with Gasteiger partial charge in [-0.15, -0.1) is 0 Å². The Morgan fingerprint density at radius 1 is 0.920 bits per heavy atom. The highest BCUT2D eigenvalue weighted by Crippen LogP contribution is 2.40. The summed E-state index contributed by atoms with van der Waals surface area (Å²) in [6, 6.07) is 12.9. The molecular weight excluding hydrogens is 318 g/mol. The van der Waals surface area contributed by atoms with Gasteiger partial charge in [0.25, 0.3) is 0 Å². The van der Waals surface area contributed by atoms with Crippen molar-refractivity contribution in [1.29, 1.82) is 0 Å². The smallest absolute Gasteiger partial charge is 0.130 e. The summed E-state index contributed by atoms with van der Waals surface area (Å²) in [5.41, 5.74) is 1.29. The lowest BCUT2D eigenvalue weighted by Crippen LogP contribution is -2.33. The van der Waals surface area contributed by atoms with Gasteiger partial charge in [0.2, 0.25) is 0 Å². The zero-order chi connectivity index (χ0) is 18.2. The molecule has 0 atom stereocenters. The summed E-state index contributed by atoms with van der Waals surface area (Å²) in [5, 5.41) is 0. The van der Waals surface area contributed by atoms with Gasteiger partial charge in [0.05, 0.1) is 6.54 Å². The van der Waals surface area contributed by atoms with Crippen molar-refractivity contribution in [2.75, 3.05) is 13.6 Å². The van der Waals surface area contributed by atoms with Crippen LogP contribution in [0.2, 0.25) is 0 Å². The first-order valence-corrected chi connectivity index (χ1v) is 8.52. The summed E-state index contributed by atoms with van der Waals surface area (Å²) in [6.07, 6.45) is 0.841. The lowest BCUT2D eigenvalue weighted by Gasteiger charge is -2.28. The van der Waals surface area contributed by atoms with Crippen molar-refractivity contribution in [3.8, 4) is 0 Å². The molecule has 0 radical (unpaired) electrons. The predicted molar refractivity (Wildman–Crippen MR) is 97.7 cm³/mol. The number of likely N-dealkylation sites (N-methyl/N-ethyl adjacent to an activating group) is 1. The first-order chi connectivity index (χ1) is 11.7. The van der Waals surface area contributed by atoms with Crippen molar-refractivity contribution in [3.05, 3.63) is 71.3 Å². The number of hydrogen-bond donors (Lipinski definition) is 0. The Hall–Kier alpha value is -2.23. The van der Waals surface area contributed by atoms with Gasteiger partial charge in [-0.25, -0.2) is 8.78 Å². The molecule has 0 spiro atoms. The van der Waals surface area contributed by atoms with Crippen LogP contribution in [-0.2, 0) is 5.54 Å². The summed E-state index contributed by atoms with van der Waals surface area (Å²) in [6.45, 7) is 7.19. The van der Waals surface area contributed by atoms with Gasteiger partial charge in [0.15, 0.2) is 0 Å². The molecule has 1 heterocycles. The van der Waals surface area contributed by atoms with Crippen LogP contribution < -0.4 is 0 Å². The molecule has 0 bridgehead atoms. The summed E-state index contributed by atoms with van der Waals surface area (Å²) in [7, 11) is 2.03. The van der Waals surface area contributed by atoms with E-state index in [1.54, 1.807) is 24.3 Å². The molecule has 1 aliphatic heterocycles. The monoisotopic (exact) mass is 342 g/mol. The summed E-state index contributed by atoms with van der Waals surface area (Å²) in [4.78, 5) is 7.23. The largest absolute Gasteiger partial charge is 0.360 e. The number of aliphatic imine (C=N–C) groups is 1. The Labute approximate surface area is 148 Å². The maximum absolute atomic E-state index is 13.4. The molecule has 0 N–H and O–H groups in total. The van der Waals surface area contributed by atoms with E-state index in [0.717, 1.165) is 23.4 Å². The molecule has 3 rings (SSSR count). The summed E-state index contributed by atoms with van der Waals surface area (Å²) < 4.78 is 26.9. The summed E-state index contributed by atoms with van der Waals surface area (Å²) in [5.74, 6) is 0.465. The highest BCUT2D eigenvalue weighted by Gasteiger charge is 2.41. The third-order valence-electron chi connectivity index (χ3n) is 4.56. The standard InChI is InChI=1S/C21H24F2N2/c1-20(2,3)13-19-24-21(14-25(19)4,15-5-9-17(22)10-6-15)16-7-11-18(23)12-8-16/h5-12H,13-14H2,1-4H3.